The van der Waals surface area contributed by atoms with E-state index >= 15 is 0 Å². The average Bonchev–Trinajstić information content (AvgIpc) is 2.64. The zero-order chi connectivity index (χ0) is 12.8. The zero-order valence-corrected chi connectivity index (χ0v) is 11.2. The van der Waals surface area contributed by atoms with Crippen LogP contribution in [0.5, 0.6) is 0 Å². The summed E-state index contributed by atoms with van der Waals surface area (Å²) in [5.74, 6) is 0.0193. The number of hydrogen-bond acceptors (Lipinski definition) is 3. The van der Waals surface area contributed by atoms with Crippen LogP contribution in [0.3, 0.4) is 0 Å². The van der Waals surface area contributed by atoms with E-state index in [1.54, 1.807) is 6.07 Å². The van der Waals surface area contributed by atoms with Crippen LogP contribution in [0.1, 0.15) is 31.2 Å². The number of anilines is 1. The normalized spacial score (nSPS) is 16.8. The Labute approximate surface area is 111 Å². The van der Waals surface area contributed by atoms with Gasteiger partial charge in [-0.3, -0.25) is 4.79 Å². The quantitative estimate of drug-likeness (QED) is 0.856. The molecule has 0 unspecified atom stereocenters. The molecule has 2 heterocycles. The van der Waals surface area contributed by atoms with Crippen molar-refractivity contribution in [2.45, 2.75) is 25.7 Å². The van der Waals surface area contributed by atoms with Gasteiger partial charge >= 0.3 is 0 Å². The summed E-state index contributed by atoms with van der Waals surface area (Å²) in [6, 6.07) is 3.82. The van der Waals surface area contributed by atoms with Crippen LogP contribution in [0.4, 0.5) is 5.00 Å². The monoisotopic (exact) mass is 264 g/mol. The largest absolute Gasteiger partial charge is 0.327 e. The van der Waals surface area contributed by atoms with E-state index < -0.39 is 0 Å². The van der Waals surface area contributed by atoms with Gasteiger partial charge in [-0.05, 0) is 37.1 Å². The molecule has 0 aliphatic carbocycles. The lowest BCUT2D eigenvalue weighted by atomic mass is 10.2. The summed E-state index contributed by atoms with van der Waals surface area (Å²) in [6.07, 6.45) is 5.00. The van der Waals surface area contributed by atoms with Gasteiger partial charge in [0.05, 0.1) is 18.7 Å². The first-order chi connectivity index (χ1) is 8.79. The van der Waals surface area contributed by atoms with Crippen LogP contribution in [-0.2, 0) is 4.79 Å². The molecule has 0 spiro atoms. The van der Waals surface area contributed by atoms with Crippen LogP contribution in [0.25, 0.3) is 0 Å². The molecule has 96 valence electrons. The minimum Gasteiger partial charge on any atom is -0.327 e. The van der Waals surface area contributed by atoms with Crippen LogP contribution in [0.2, 0.25) is 0 Å². The first kappa shape index (κ1) is 13.1. The second-order valence-electron chi connectivity index (χ2n) is 4.66. The van der Waals surface area contributed by atoms with Gasteiger partial charge in [0.25, 0.3) is 5.91 Å². The third-order valence-corrected chi connectivity index (χ3v) is 4.09. The summed E-state index contributed by atoms with van der Waals surface area (Å²) in [5, 5.41) is 14.2. The Morgan fingerprint density at radius 2 is 2.11 bits per heavy atom. The van der Waals surface area contributed by atoms with Crippen molar-refractivity contribution in [1.82, 2.24) is 0 Å². The molecule has 1 fully saturated rings. The van der Waals surface area contributed by atoms with E-state index in [2.05, 4.69) is 11.4 Å². The molecular formula is C13H18N3OS+. The number of thiophene rings is 1. The molecule has 5 heteroatoms. The van der Waals surface area contributed by atoms with Gasteiger partial charge in [-0.1, -0.05) is 0 Å². The maximum atomic E-state index is 11.9. The van der Waals surface area contributed by atoms with Gasteiger partial charge in [0.15, 0.2) is 6.54 Å². The zero-order valence-electron chi connectivity index (χ0n) is 10.4. The van der Waals surface area contributed by atoms with E-state index in [4.69, 9.17) is 5.26 Å². The number of carbonyl (C=O) groups excluding carboxylic acids is 1. The molecule has 1 saturated heterocycles. The predicted octanol–water partition coefficient (Wildman–Crippen LogP) is 1.02. The number of nitriles is 1. The van der Waals surface area contributed by atoms with Gasteiger partial charge in [0, 0.05) is 0 Å². The lowest BCUT2D eigenvalue weighted by Gasteiger charge is -2.16. The molecule has 1 aliphatic heterocycles. The van der Waals surface area contributed by atoms with E-state index in [1.807, 2.05) is 5.38 Å². The number of rotatable bonds is 3. The number of hydrogen-bond donors (Lipinski definition) is 2. The van der Waals surface area contributed by atoms with Crippen molar-refractivity contribution >= 4 is 22.2 Å². The predicted molar refractivity (Wildman–Crippen MR) is 71.7 cm³/mol. The molecule has 1 aromatic rings. The summed E-state index contributed by atoms with van der Waals surface area (Å²) in [6.45, 7) is 2.69. The lowest BCUT2D eigenvalue weighted by molar-refractivity contribution is -0.890. The van der Waals surface area contributed by atoms with Crippen LogP contribution < -0.4 is 10.2 Å². The lowest BCUT2D eigenvalue weighted by Crippen LogP contribution is -3.12. The number of nitrogens with one attached hydrogen (secondary N) is 2. The smallest absolute Gasteiger partial charge is 0.280 e. The second-order valence-corrected chi connectivity index (χ2v) is 5.58. The van der Waals surface area contributed by atoms with Crippen molar-refractivity contribution < 1.29 is 9.69 Å². The summed E-state index contributed by atoms with van der Waals surface area (Å²) >= 11 is 1.40. The highest BCUT2D eigenvalue weighted by Crippen LogP contribution is 2.21. The molecular weight excluding hydrogens is 246 g/mol. The van der Waals surface area contributed by atoms with E-state index in [0.717, 1.165) is 13.1 Å². The van der Waals surface area contributed by atoms with E-state index in [9.17, 15) is 4.79 Å². The van der Waals surface area contributed by atoms with Crippen molar-refractivity contribution in [3.8, 4) is 6.07 Å². The van der Waals surface area contributed by atoms with Crippen molar-refractivity contribution in [2.75, 3.05) is 25.0 Å². The Morgan fingerprint density at radius 1 is 1.39 bits per heavy atom. The summed E-state index contributed by atoms with van der Waals surface area (Å²) in [5.41, 5.74) is 0.555. The molecule has 1 amide bonds. The highest BCUT2D eigenvalue weighted by Gasteiger charge is 2.17. The fourth-order valence-electron chi connectivity index (χ4n) is 2.30. The standard InChI is InChI=1S/C13H17N3OS/c14-9-11-5-8-18-13(11)15-12(17)10-16-6-3-1-2-4-7-16/h5,8H,1-4,6-7,10H2,(H,15,17)/p+1. The molecule has 1 aromatic heterocycles. The number of nitrogens with zero attached hydrogens (tertiary/aromatic N) is 1. The SMILES string of the molecule is N#Cc1ccsc1NC(=O)C[NH+]1CCCCCC1. The van der Waals surface area contributed by atoms with Crippen LogP contribution in [-0.4, -0.2) is 25.5 Å². The third-order valence-electron chi connectivity index (χ3n) is 3.26. The van der Waals surface area contributed by atoms with Gasteiger partial charge in [-0.25, -0.2) is 0 Å². The molecule has 18 heavy (non-hydrogen) atoms. The summed E-state index contributed by atoms with van der Waals surface area (Å²) < 4.78 is 0. The maximum Gasteiger partial charge on any atom is 0.280 e. The number of likely N-dealkylation sites (tertiary alicyclic amines) is 1. The van der Waals surface area contributed by atoms with Gasteiger partial charge in [-0.2, -0.15) is 5.26 Å². The molecule has 0 atom stereocenters. The summed E-state index contributed by atoms with van der Waals surface area (Å²) in [7, 11) is 0. The Morgan fingerprint density at radius 3 is 2.78 bits per heavy atom. The number of amides is 1. The Kier molecular flexibility index (Phi) is 4.73. The van der Waals surface area contributed by atoms with Gasteiger partial charge < -0.3 is 10.2 Å². The fourth-order valence-corrected chi connectivity index (χ4v) is 3.05. The number of quaternary nitrogens is 1. The molecule has 2 N–H and O–H groups in total. The highest BCUT2D eigenvalue weighted by atomic mass is 32.1. The Balaban J connectivity index is 1.86. The summed E-state index contributed by atoms with van der Waals surface area (Å²) in [4.78, 5) is 13.3. The molecule has 2 rings (SSSR count). The molecule has 0 bridgehead atoms. The van der Waals surface area contributed by atoms with Crippen LogP contribution in [0.15, 0.2) is 11.4 Å². The topological polar surface area (TPSA) is 57.3 Å². The Hall–Kier alpha value is -1.38. The van der Waals surface area contributed by atoms with Gasteiger partial charge in [0.1, 0.15) is 11.1 Å². The van der Waals surface area contributed by atoms with E-state index in [-0.39, 0.29) is 5.91 Å². The van der Waals surface area contributed by atoms with Crippen LogP contribution >= 0.6 is 11.3 Å². The van der Waals surface area contributed by atoms with Crippen LogP contribution in [0, 0.1) is 11.3 Å². The third kappa shape index (κ3) is 3.56. The maximum absolute atomic E-state index is 11.9. The fraction of sp³-hybridized carbons (Fsp3) is 0.538. The molecule has 0 radical (unpaired) electrons. The van der Waals surface area contributed by atoms with E-state index in [0.29, 0.717) is 17.1 Å². The van der Waals surface area contributed by atoms with Crippen molar-refractivity contribution in [3.05, 3.63) is 17.0 Å². The van der Waals surface area contributed by atoms with Crippen molar-refractivity contribution in [1.29, 1.82) is 5.26 Å². The average molecular weight is 264 g/mol. The number of carbonyl (C=O) groups is 1. The van der Waals surface area contributed by atoms with Crippen molar-refractivity contribution in [2.24, 2.45) is 0 Å². The van der Waals surface area contributed by atoms with Crippen molar-refractivity contribution in [3.63, 3.8) is 0 Å². The molecule has 0 saturated carbocycles. The first-order valence-electron chi connectivity index (χ1n) is 6.40. The minimum atomic E-state index is 0.0193. The van der Waals surface area contributed by atoms with Gasteiger partial charge in [0.2, 0.25) is 0 Å². The molecule has 1 aliphatic rings. The highest BCUT2D eigenvalue weighted by molar-refractivity contribution is 7.14. The Bertz CT molecular complexity index is 441. The molecule has 0 aromatic carbocycles. The minimum absolute atomic E-state index is 0.0193. The second kappa shape index (κ2) is 6.53. The van der Waals surface area contributed by atoms with E-state index in [1.165, 1.54) is 41.9 Å². The molecule has 4 nitrogen and oxygen atoms in total. The first-order valence-corrected chi connectivity index (χ1v) is 7.28. The van der Waals surface area contributed by atoms with Gasteiger partial charge in [-0.15, -0.1) is 11.3 Å².